The number of aromatic hydroxyl groups is 2. The molecule has 3 N–H and O–H groups in total. The molecule has 0 amide bonds. The fraction of sp³-hybridized carbons (Fsp3) is 0.111. The third-order valence-corrected chi connectivity index (χ3v) is 4.22. The van der Waals surface area contributed by atoms with Crippen LogP contribution in [0.4, 0.5) is 5.69 Å². The van der Waals surface area contributed by atoms with Gasteiger partial charge in [0.2, 0.25) is 0 Å². The van der Waals surface area contributed by atoms with Crippen molar-refractivity contribution >= 4 is 22.7 Å². The SMILES string of the molecule is Cc1nc(CC(=NNc2ccccc2)c2ccc(O)cc2O)cs1. The summed E-state index contributed by atoms with van der Waals surface area (Å²) in [6.45, 7) is 1.95. The summed E-state index contributed by atoms with van der Waals surface area (Å²) in [5.74, 6) is -0.00770. The Kier molecular flexibility index (Phi) is 4.77. The van der Waals surface area contributed by atoms with E-state index in [1.54, 1.807) is 17.4 Å². The van der Waals surface area contributed by atoms with Crippen molar-refractivity contribution < 1.29 is 10.2 Å². The van der Waals surface area contributed by atoms with E-state index in [1.165, 1.54) is 12.1 Å². The molecule has 3 rings (SSSR count). The number of hydrazone groups is 1. The van der Waals surface area contributed by atoms with Gasteiger partial charge in [-0.3, -0.25) is 5.43 Å². The maximum Gasteiger partial charge on any atom is 0.128 e. The van der Waals surface area contributed by atoms with Gasteiger partial charge < -0.3 is 10.2 Å². The van der Waals surface area contributed by atoms with Gasteiger partial charge in [0.25, 0.3) is 0 Å². The molecule has 24 heavy (non-hydrogen) atoms. The molecule has 0 saturated heterocycles. The maximum atomic E-state index is 10.2. The second-order valence-electron chi connectivity index (χ2n) is 5.27. The highest BCUT2D eigenvalue weighted by molar-refractivity contribution is 7.09. The molecule has 0 atom stereocenters. The molecule has 0 radical (unpaired) electrons. The molecule has 6 heteroatoms. The minimum atomic E-state index is -0.0180. The number of anilines is 1. The number of aromatic nitrogens is 1. The number of nitrogens with zero attached hydrogens (tertiary/aromatic N) is 2. The number of nitrogens with one attached hydrogen (secondary N) is 1. The molecule has 0 aliphatic carbocycles. The fourth-order valence-electron chi connectivity index (χ4n) is 2.26. The van der Waals surface area contributed by atoms with E-state index in [0.29, 0.717) is 17.7 Å². The second kappa shape index (κ2) is 7.14. The van der Waals surface area contributed by atoms with Crippen molar-refractivity contribution in [2.24, 2.45) is 5.10 Å². The highest BCUT2D eigenvalue weighted by atomic mass is 32.1. The first kappa shape index (κ1) is 16.0. The normalized spacial score (nSPS) is 11.5. The molecule has 1 heterocycles. The van der Waals surface area contributed by atoms with Crippen molar-refractivity contribution in [3.8, 4) is 11.5 Å². The quantitative estimate of drug-likeness (QED) is 0.486. The van der Waals surface area contributed by atoms with E-state index in [-0.39, 0.29) is 11.5 Å². The molecule has 0 aliphatic rings. The summed E-state index contributed by atoms with van der Waals surface area (Å²) in [5, 5.41) is 27.1. The molecule has 0 aliphatic heterocycles. The largest absolute Gasteiger partial charge is 0.508 e. The third kappa shape index (κ3) is 3.91. The summed E-state index contributed by atoms with van der Waals surface area (Å²) in [6.07, 6.45) is 0.475. The van der Waals surface area contributed by atoms with Crippen LogP contribution in [0.3, 0.4) is 0 Å². The zero-order valence-electron chi connectivity index (χ0n) is 13.1. The fourth-order valence-corrected chi connectivity index (χ4v) is 2.88. The molecule has 3 aromatic rings. The smallest absolute Gasteiger partial charge is 0.128 e. The zero-order valence-corrected chi connectivity index (χ0v) is 13.9. The molecule has 122 valence electrons. The molecule has 0 unspecified atom stereocenters. The maximum absolute atomic E-state index is 10.2. The Morgan fingerprint density at radius 3 is 2.62 bits per heavy atom. The van der Waals surface area contributed by atoms with Crippen molar-refractivity contribution in [3.05, 3.63) is 70.2 Å². The van der Waals surface area contributed by atoms with Gasteiger partial charge in [0.05, 0.1) is 22.1 Å². The number of para-hydroxylation sites is 1. The van der Waals surface area contributed by atoms with Gasteiger partial charge in [0.15, 0.2) is 0 Å². The van der Waals surface area contributed by atoms with Crippen LogP contribution in [-0.2, 0) is 6.42 Å². The first-order valence-electron chi connectivity index (χ1n) is 7.43. The van der Waals surface area contributed by atoms with Crippen LogP contribution < -0.4 is 5.43 Å². The Hall–Kier alpha value is -2.86. The number of thiazole rings is 1. The lowest BCUT2D eigenvalue weighted by atomic mass is 10.0. The van der Waals surface area contributed by atoms with Crippen LogP contribution in [0.2, 0.25) is 0 Å². The molecular formula is C18H17N3O2S. The number of phenols is 2. The summed E-state index contributed by atoms with van der Waals surface area (Å²) >= 11 is 1.57. The summed E-state index contributed by atoms with van der Waals surface area (Å²) in [4.78, 5) is 4.46. The first-order valence-corrected chi connectivity index (χ1v) is 8.31. The second-order valence-corrected chi connectivity index (χ2v) is 6.33. The van der Waals surface area contributed by atoms with Crippen molar-refractivity contribution in [2.45, 2.75) is 13.3 Å². The van der Waals surface area contributed by atoms with Crippen LogP contribution in [-0.4, -0.2) is 20.9 Å². The number of benzene rings is 2. The molecule has 1 aromatic heterocycles. The highest BCUT2D eigenvalue weighted by Crippen LogP contribution is 2.25. The molecule has 0 saturated carbocycles. The lowest BCUT2D eigenvalue weighted by Crippen LogP contribution is -2.09. The van der Waals surface area contributed by atoms with E-state index in [0.717, 1.165) is 16.4 Å². The van der Waals surface area contributed by atoms with Crippen LogP contribution in [0.5, 0.6) is 11.5 Å². The molecule has 2 aromatic carbocycles. The van der Waals surface area contributed by atoms with Gasteiger partial charge in [-0.05, 0) is 31.2 Å². The van der Waals surface area contributed by atoms with E-state index in [2.05, 4.69) is 15.5 Å². The molecule has 5 nitrogen and oxygen atoms in total. The Bertz CT molecular complexity index is 860. The summed E-state index contributed by atoms with van der Waals surface area (Å²) in [6, 6.07) is 14.1. The monoisotopic (exact) mass is 339 g/mol. The van der Waals surface area contributed by atoms with Gasteiger partial charge in [-0.1, -0.05) is 18.2 Å². The number of hydrogen-bond acceptors (Lipinski definition) is 6. The molecule has 0 fully saturated rings. The lowest BCUT2D eigenvalue weighted by molar-refractivity contribution is 0.450. The van der Waals surface area contributed by atoms with Gasteiger partial charge >= 0.3 is 0 Å². The predicted octanol–water partition coefficient (Wildman–Crippen LogP) is 3.92. The molecule has 0 spiro atoms. The Morgan fingerprint density at radius 1 is 1.17 bits per heavy atom. The van der Waals surface area contributed by atoms with Crippen LogP contribution in [0.25, 0.3) is 0 Å². The van der Waals surface area contributed by atoms with E-state index >= 15 is 0 Å². The minimum Gasteiger partial charge on any atom is -0.508 e. The van der Waals surface area contributed by atoms with Crippen molar-refractivity contribution in [1.82, 2.24) is 4.98 Å². The van der Waals surface area contributed by atoms with E-state index < -0.39 is 0 Å². The average molecular weight is 339 g/mol. The van der Waals surface area contributed by atoms with Gasteiger partial charge in [0.1, 0.15) is 11.5 Å². The Labute approximate surface area is 144 Å². The molecule has 0 bridgehead atoms. The van der Waals surface area contributed by atoms with Crippen LogP contribution in [0, 0.1) is 6.92 Å². The predicted molar refractivity (Wildman–Crippen MR) is 96.9 cm³/mol. The van der Waals surface area contributed by atoms with E-state index in [9.17, 15) is 10.2 Å². The van der Waals surface area contributed by atoms with Crippen LogP contribution in [0.1, 0.15) is 16.3 Å². The summed E-state index contributed by atoms with van der Waals surface area (Å²) in [7, 11) is 0. The zero-order chi connectivity index (χ0) is 16.9. The third-order valence-electron chi connectivity index (χ3n) is 3.40. The highest BCUT2D eigenvalue weighted by Gasteiger charge is 2.13. The van der Waals surface area contributed by atoms with Gasteiger partial charge in [-0.15, -0.1) is 11.3 Å². The van der Waals surface area contributed by atoms with Gasteiger partial charge in [-0.2, -0.15) is 5.10 Å². The van der Waals surface area contributed by atoms with Crippen molar-refractivity contribution in [3.63, 3.8) is 0 Å². The first-order chi connectivity index (χ1) is 11.6. The topological polar surface area (TPSA) is 77.7 Å². The average Bonchev–Trinajstić information content (AvgIpc) is 2.98. The summed E-state index contributed by atoms with van der Waals surface area (Å²) < 4.78 is 0. The standard InChI is InChI=1S/C18H17N3O2S/c1-12-19-14(11-24-12)9-17(16-8-7-15(22)10-18(16)23)21-20-13-5-3-2-4-6-13/h2-8,10-11,20,22-23H,9H2,1H3. The van der Waals surface area contributed by atoms with Crippen molar-refractivity contribution in [2.75, 3.05) is 5.43 Å². The van der Waals surface area contributed by atoms with Gasteiger partial charge in [0, 0.05) is 23.4 Å². The molecular weight excluding hydrogens is 322 g/mol. The van der Waals surface area contributed by atoms with Crippen molar-refractivity contribution in [1.29, 1.82) is 0 Å². The van der Waals surface area contributed by atoms with E-state index in [4.69, 9.17) is 0 Å². The Morgan fingerprint density at radius 2 is 1.96 bits per heavy atom. The number of hydrogen-bond donors (Lipinski definition) is 3. The van der Waals surface area contributed by atoms with Crippen LogP contribution >= 0.6 is 11.3 Å². The number of phenolic OH excluding ortho intramolecular Hbond substituents is 2. The lowest BCUT2D eigenvalue weighted by Gasteiger charge is -2.09. The number of rotatable bonds is 5. The minimum absolute atomic E-state index is 0.0103. The summed E-state index contributed by atoms with van der Waals surface area (Å²) in [5.41, 5.74) is 5.94. The number of aryl methyl sites for hydroxylation is 1. The van der Waals surface area contributed by atoms with Crippen LogP contribution in [0.15, 0.2) is 59.0 Å². The van der Waals surface area contributed by atoms with E-state index in [1.807, 2.05) is 42.6 Å². The Balaban J connectivity index is 1.93. The van der Waals surface area contributed by atoms with Gasteiger partial charge in [-0.25, -0.2) is 4.98 Å².